The number of nitrogens with one attached hydrogen (secondary N) is 1. The molecule has 1 aliphatic heterocycles. The second-order valence-corrected chi connectivity index (χ2v) is 9.08. The Labute approximate surface area is 175 Å². The molecule has 1 aromatic carbocycles. The molecule has 0 spiro atoms. The van der Waals surface area contributed by atoms with Crippen LogP contribution in [-0.2, 0) is 12.8 Å². The molecule has 1 aliphatic carbocycles. The third-order valence-electron chi connectivity index (χ3n) is 5.85. The first-order valence-corrected chi connectivity index (χ1v) is 11.2. The van der Waals surface area contributed by atoms with Crippen LogP contribution in [0.25, 0.3) is 0 Å². The van der Waals surface area contributed by atoms with Gasteiger partial charge in [0.25, 0.3) is 0 Å². The lowest BCUT2D eigenvalue weighted by atomic mass is 9.95. The number of halogens is 2. The van der Waals surface area contributed by atoms with Gasteiger partial charge in [0.15, 0.2) is 0 Å². The Kier molecular flexibility index (Phi) is 6.18. The van der Waals surface area contributed by atoms with Crippen molar-refractivity contribution in [2.75, 3.05) is 19.6 Å². The first-order chi connectivity index (χ1) is 13.2. The molecule has 5 heteroatoms. The number of hydrogen-bond acceptors (Lipinski definition) is 3. The number of aromatic nitrogens is 1. The summed E-state index contributed by atoms with van der Waals surface area (Å²) in [6, 6.07) is 9.45. The minimum Gasteiger partial charge on any atom is -0.311 e. The summed E-state index contributed by atoms with van der Waals surface area (Å²) >= 11 is 9.94. The monoisotopic (exact) mass is 447 g/mol. The average Bonchev–Trinajstić information content (AvgIpc) is 2.83. The van der Waals surface area contributed by atoms with Gasteiger partial charge in [0.05, 0.1) is 11.7 Å². The van der Waals surface area contributed by atoms with E-state index >= 15 is 0 Å². The van der Waals surface area contributed by atoms with Crippen LogP contribution in [0.4, 0.5) is 0 Å². The summed E-state index contributed by atoms with van der Waals surface area (Å²) in [5, 5.41) is 4.54. The molecule has 4 rings (SSSR count). The topological polar surface area (TPSA) is 28.2 Å². The van der Waals surface area contributed by atoms with Crippen molar-refractivity contribution in [3.8, 4) is 0 Å². The second kappa shape index (κ2) is 8.60. The number of nitrogens with zero attached hydrogens (tertiary/aromatic N) is 2. The Bertz CT molecular complexity index is 757. The molecule has 3 nitrogen and oxygen atoms in total. The van der Waals surface area contributed by atoms with Gasteiger partial charge < -0.3 is 5.32 Å². The van der Waals surface area contributed by atoms with Crippen LogP contribution in [0.5, 0.6) is 0 Å². The van der Waals surface area contributed by atoms with Crippen LogP contribution in [0.2, 0.25) is 5.02 Å². The maximum atomic E-state index is 6.33. The van der Waals surface area contributed by atoms with E-state index in [1.165, 1.54) is 41.6 Å². The molecule has 1 saturated heterocycles. The molecule has 144 valence electrons. The van der Waals surface area contributed by atoms with Crippen molar-refractivity contribution in [2.45, 2.75) is 51.1 Å². The van der Waals surface area contributed by atoms with Gasteiger partial charge in [-0.2, -0.15) is 0 Å². The van der Waals surface area contributed by atoms with Crippen molar-refractivity contribution < 1.29 is 0 Å². The highest BCUT2D eigenvalue weighted by molar-refractivity contribution is 9.10. The van der Waals surface area contributed by atoms with Crippen LogP contribution in [0.1, 0.15) is 54.6 Å². The number of benzene rings is 1. The van der Waals surface area contributed by atoms with Crippen LogP contribution >= 0.6 is 27.5 Å². The first-order valence-electron chi connectivity index (χ1n) is 10.1. The van der Waals surface area contributed by atoms with E-state index in [4.69, 9.17) is 16.6 Å². The molecule has 0 radical (unpaired) electrons. The Hall–Kier alpha value is -0.940. The molecule has 2 unspecified atom stereocenters. The number of rotatable bonds is 4. The molecule has 0 bridgehead atoms. The van der Waals surface area contributed by atoms with E-state index < -0.39 is 0 Å². The molecule has 27 heavy (non-hydrogen) atoms. The van der Waals surface area contributed by atoms with E-state index in [1.807, 2.05) is 12.3 Å². The molecule has 2 atom stereocenters. The average molecular weight is 449 g/mol. The smallest absolute Gasteiger partial charge is 0.0782 e. The lowest BCUT2D eigenvalue weighted by Crippen LogP contribution is -2.52. The molecule has 2 aliphatic rings. The Morgan fingerprint density at radius 2 is 2.11 bits per heavy atom. The summed E-state index contributed by atoms with van der Waals surface area (Å²) in [5.74, 6) is 0. The molecule has 1 N–H and O–H groups in total. The first kappa shape index (κ1) is 19.4. The van der Waals surface area contributed by atoms with Gasteiger partial charge in [0, 0.05) is 41.4 Å². The van der Waals surface area contributed by atoms with E-state index in [0.717, 1.165) is 42.0 Å². The molecule has 1 aromatic heterocycles. The van der Waals surface area contributed by atoms with Gasteiger partial charge in [-0.25, -0.2) is 0 Å². The second-order valence-electron chi connectivity index (χ2n) is 7.73. The number of hydrogen-bond donors (Lipinski definition) is 1. The standard InChI is InChI=1S/C22H27BrClN3/c1-2-3-4-19-14-27(10-9-25-19)22-20-8-7-18(24)12-15(20)5-6-16-11-17(23)13-26-21(16)22/h7-8,11-13,19,22,25H,2-6,9-10,14H2,1H3. The highest BCUT2D eigenvalue weighted by Crippen LogP contribution is 2.38. The number of pyridine rings is 1. The molecule has 1 fully saturated rings. The number of aryl methyl sites for hydroxylation is 2. The van der Waals surface area contributed by atoms with E-state index in [9.17, 15) is 0 Å². The van der Waals surface area contributed by atoms with E-state index in [1.54, 1.807) is 0 Å². The van der Waals surface area contributed by atoms with Crippen LogP contribution < -0.4 is 5.32 Å². The zero-order chi connectivity index (χ0) is 18.8. The van der Waals surface area contributed by atoms with Gasteiger partial charge >= 0.3 is 0 Å². The molecule has 2 aromatic rings. The van der Waals surface area contributed by atoms with Gasteiger partial charge in [0.2, 0.25) is 0 Å². The lowest BCUT2D eigenvalue weighted by Gasteiger charge is -2.39. The number of piperazine rings is 1. The van der Waals surface area contributed by atoms with E-state index in [0.29, 0.717) is 6.04 Å². The molecular formula is C22H27BrClN3. The predicted molar refractivity (Wildman–Crippen MR) is 116 cm³/mol. The fourth-order valence-corrected chi connectivity index (χ4v) is 5.09. The number of unbranched alkanes of at least 4 members (excludes halogenated alkanes) is 1. The third kappa shape index (κ3) is 4.24. The Morgan fingerprint density at radius 3 is 2.96 bits per heavy atom. The van der Waals surface area contributed by atoms with Gasteiger partial charge in [-0.05, 0) is 70.1 Å². The van der Waals surface area contributed by atoms with Crippen LogP contribution in [0.3, 0.4) is 0 Å². The van der Waals surface area contributed by atoms with Crippen molar-refractivity contribution in [1.82, 2.24) is 15.2 Å². The van der Waals surface area contributed by atoms with Crippen molar-refractivity contribution in [3.63, 3.8) is 0 Å². The van der Waals surface area contributed by atoms with Crippen LogP contribution in [0, 0.1) is 0 Å². The van der Waals surface area contributed by atoms with E-state index in [-0.39, 0.29) is 6.04 Å². The fraction of sp³-hybridized carbons (Fsp3) is 0.500. The van der Waals surface area contributed by atoms with Crippen LogP contribution in [-0.4, -0.2) is 35.6 Å². The SMILES string of the molecule is CCCCC1CN(C2c3ccc(Cl)cc3CCc3cc(Br)cnc32)CCN1. The molecular weight excluding hydrogens is 422 g/mol. The van der Waals surface area contributed by atoms with E-state index in [2.05, 4.69) is 51.3 Å². The van der Waals surface area contributed by atoms with Gasteiger partial charge in [-0.1, -0.05) is 37.4 Å². The fourth-order valence-electron chi connectivity index (χ4n) is 4.51. The minimum atomic E-state index is 0.217. The normalized spacial score (nSPS) is 22.8. The van der Waals surface area contributed by atoms with Gasteiger partial charge in [0.1, 0.15) is 0 Å². The zero-order valence-electron chi connectivity index (χ0n) is 15.8. The molecule has 0 amide bonds. The van der Waals surface area contributed by atoms with Crippen molar-refractivity contribution in [3.05, 3.63) is 62.3 Å². The summed E-state index contributed by atoms with van der Waals surface area (Å²) < 4.78 is 1.06. The van der Waals surface area contributed by atoms with Crippen molar-refractivity contribution >= 4 is 27.5 Å². The molecule has 0 saturated carbocycles. The highest BCUT2D eigenvalue weighted by Gasteiger charge is 2.33. The van der Waals surface area contributed by atoms with Crippen molar-refractivity contribution in [1.29, 1.82) is 0 Å². The molecule has 2 heterocycles. The van der Waals surface area contributed by atoms with Gasteiger partial charge in [-0.3, -0.25) is 9.88 Å². The Balaban J connectivity index is 1.73. The van der Waals surface area contributed by atoms with Crippen LogP contribution in [0.15, 0.2) is 34.9 Å². The predicted octanol–water partition coefficient (Wildman–Crippen LogP) is 5.15. The highest BCUT2D eigenvalue weighted by atomic mass is 79.9. The summed E-state index contributed by atoms with van der Waals surface area (Å²) in [6.07, 6.45) is 7.75. The minimum absolute atomic E-state index is 0.217. The Morgan fingerprint density at radius 1 is 1.26 bits per heavy atom. The largest absolute Gasteiger partial charge is 0.311 e. The maximum absolute atomic E-state index is 6.33. The lowest BCUT2D eigenvalue weighted by molar-refractivity contribution is 0.156. The van der Waals surface area contributed by atoms with Crippen molar-refractivity contribution in [2.24, 2.45) is 0 Å². The van der Waals surface area contributed by atoms with Gasteiger partial charge in [-0.15, -0.1) is 0 Å². The summed E-state index contributed by atoms with van der Waals surface area (Å²) in [7, 11) is 0. The zero-order valence-corrected chi connectivity index (χ0v) is 18.2. The summed E-state index contributed by atoms with van der Waals surface area (Å²) in [4.78, 5) is 7.54. The third-order valence-corrected chi connectivity index (χ3v) is 6.52. The quantitative estimate of drug-likeness (QED) is 0.701. The summed E-state index contributed by atoms with van der Waals surface area (Å²) in [6.45, 7) is 5.43. The summed E-state index contributed by atoms with van der Waals surface area (Å²) in [5.41, 5.74) is 5.31. The number of fused-ring (bicyclic) bond motifs is 2. The maximum Gasteiger partial charge on any atom is 0.0782 e.